The predicted molar refractivity (Wildman–Crippen MR) is 102 cm³/mol. The van der Waals surface area contributed by atoms with Crippen molar-refractivity contribution >= 4 is 23.2 Å². The van der Waals surface area contributed by atoms with E-state index in [1.54, 1.807) is 31.4 Å². The Hall–Kier alpha value is -3.46. The van der Waals surface area contributed by atoms with E-state index in [9.17, 15) is 19.7 Å². The fraction of sp³-hybridized carbons (Fsp3) is 0.263. The molecule has 9 heteroatoms. The Morgan fingerprint density at radius 1 is 1.14 bits per heavy atom. The normalized spacial score (nSPS) is 10.2. The van der Waals surface area contributed by atoms with Crippen LogP contribution in [0.15, 0.2) is 48.5 Å². The molecule has 9 nitrogen and oxygen atoms in total. The first kappa shape index (κ1) is 20.8. The van der Waals surface area contributed by atoms with Gasteiger partial charge >= 0.3 is 0 Å². The van der Waals surface area contributed by atoms with E-state index in [0.717, 1.165) is 0 Å². The lowest BCUT2D eigenvalue weighted by Gasteiger charge is -2.09. The number of carbonyl (C=O) groups excluding carboxylic acids is 2. The molecule has 0 saturated heterocycles. The summed E-state index contributed by atoms with van der Waals surface area (Å²) >= 11 is 0. The standard InChI is InChI=1S/C19H21N3O6/c1-27-11-3-10-20-19(24)14-4-2-5-15(12-14)21-18(23)13-28-17-8-6-16(7-9-17)22(25)26/h2,4-9,12H,3,10-11,13H2,1H3,(H,20,24)(H,21,23). The number of carbonyl (C=O) groups is 2. The molecule has 0 aliphatic heterocycles. The molecule has 0 unspecified atom stereocenters. The van der Waals surface area contributed by atoms with Gasteiger partial charge in [-0.25, -0.2) is 0 Å². The number of rotatable bonds is 10. The van der Waals surface area contributed by atoms with Gasteiger partial charge in [0.25, 0.3) is 17.5 Å². The van der Waals surface area contributed by atoms with E-state index < -0.39 is 10.8 Å². The number of non-ortho nitro benzene ring substituents is 1. The molecule has 0 fully saturated rings. The fourth-order valence-corrected chi connectivity index (χ4v) is 2.27. The maximum Gasteiger partial charge on any atom is 0.269 e. The minimum Gasteiger partial charge on any atom is -0.484 e. The summed E-state index contributed by atoms with van der Waals surface area (Å²) in [6.45, 7) is 0.780. The van der Waals surface area contributed by atoms with E-state index in [1.807, 2.05) is 0 Å². The number of anilines is 1. The number of hydrogen-bond donors (Lipinski definition) is 2. The van der Waals surface area contributed by atoms with Crippen LogP contribution in [-0.2, 0) is 9.53 Å². The Kier molecular flexibility index (Phi) is 7.92. The molecule has 0 radical (unpaired) electrons. The lowest BCUT2D eigenvalue weighted by Crippen LogP contribution is -2.25. The molecule has 0 spiro atoms. The number of nitrogens with zero attached hydrogens (tertiary/aromatic N) is 1. The second kappa shape index (κ2) is 10.6. The first-order valence-electron chi connectivity index (χ1n) is 8.54. The maximum absolute atomic E-state index is 12.1. The van der Waals surface area contributed by atoms with Crippen molar-refractivity contribution in [1.29, 1.82) is 0 Å². The highest BCUT2D eigenvalue weighted by molar-refractivity contribution is 5.97. The summed E-state index contributed by atoms with van der Waals surface area (Å²) in [6, 6.07) is 12.0. The van der Waals surface area contributed by atoms with Crippen LogP contribution in [0.25, 0.3) is 0 Å². The van der Waals surface area contributed by atoms with Gasteiger partial charge in [0.15, 0.2) is 6.61 Å². The quantitative estimate of drug-likeness (QED) is 0.367. The summed E-state index contributed by atoms with van der Waals surface area (Å²) in [5.74, 6) is -0.324. The van der Waals surface area contributed by atoms with E-state index >= 15 is 0 Å². The van der Waals surface area contributed by atoms with Crippen molar-refractivity contribution in [1.82, 2.24) is 5.32 Å². The van der Waals surface area contributed by atoms with Crippen molar-refractivity contribution < 1.29 is 24.0 Å². The number of ether oxygens (including phenoxy) is 2. The van der Waals surface area contributed by atoms with Crippen molar-refractivity contribution in [3.05, 3.63) is 64.2 Å². The third kappa shape index (κ3) is 6.69. The van der Waals surface area contributed by atoms with Crippen LogP contribution in [0.2, 0.25) is 0 Å². The Balaban J connectivity index is 1.84. The van der Waals surface area contributed by atoms with Gasteiger partial charge in [0.2, 0.25) is 0 Å². The minimum absolute atomic E-state index is 0.0610. The van der Waals surface area contributed by atoms with Crippen molar-refractivity contribution in [3.63, 3.8) is 0 Å². The number of nitrogens with one attached hydrogen (secondary N) is 2. The van der Waals surface area contributed by atoms with Crippen LogP contribution in [-0.4, -0.2) is 43.6 Å². The first-order chi connectivity index (χ1) is 13.5. The second-order valence-electron chi connectivity index (χ2n) is 5.77. The monoisotopic (exact) mass is 387 g/mol. The lowest BCUT2D eigenvalue weighted by molar-refractivity contribution is -0.384. The zero-order chi connectivity index (χ0) is 20.4. The molecule has 0 bridgehead atoms. The van der Waals surface area contributed by atoms with Gasteiger partial charge in [0.1, 0.15) is 5.75 Å². The summed E-state index contributed by atoms with van der Waals surface area (Å²) in [7, 11) is 1.60. The van der Waals surface area contributed by atoms with E-state index in [4.69, 9.17) is 9.47 Å². The molecule has 0 heterocycles. The molecule has 2 N–H and O–H groups in total. The highest BCUT2D eigenvalue weighted by atomic mass is 16.6. The molecule has 2 rings (SSSR count). The van der Waals surface area contributed by atoms with Crippen molar-refractivity contribution in [3.8, 4) is 5.75 Å². The predicted octanol–water partition coefficient (Wildman–Crippen LogP) is 2.38. The van der Waals surface area contributed by atoms with Gasteiger partial charge in [-0.1, -0.05) is 6.07 Å². The molecule has 0 aromatic heterocycles. The molecule has 2 amide bonds. The number of hydrogen-bond acceptors (Lipinski definition) is 6. The van der Waals surface area contributed by atoms with Crippen LogP contribution in [0.3, 0.4) is 0 Å². The van der Waals surface area contributed by atoms with Gasteiger partial charge in [-0.2, -0.15) is 0 Å². The van der Waals surface area contributed by atoms with Crippen LogP contribution >= 0.6 is 0 Å². The highest BCUT2D eigenvalue weighted by Crippen LogP contribution is 2.17. The summed E-state index contributed by atoms with van der Waals surface area (Å²) in [5, 5.41) is 16.0. The van der Waals surface area contributed by atoms with Crippen LogP contribution in [0.4, 0.5) is 11.4 Å². The van der Waals surface area contributed by atoms with Crippen LogP contribution in [0.1, 0.15) is 16.8 Å². The Labute approximate surface area is 161 Å². The minimum atomic E-state index is -0.517. The van der Waals surface area contributed by atoms with Crippen LogP contribution in [0, 0.1) is 10.1 Å². The maximum atomic E-state index is 12.1. The largest absolute Gasteiger partial charge is 0.484 e. The summed E-state index contributed by atoms with van der Waals surface area (Å²) in [6.07, 6.45) is 0.707. The zero-order valence-electron chi connectivity index (χ0n) is 15.3. The summed E-state index contributed by atoms with van der Waals surface area (Å²) < 4.78 is 10.2. The van der Waals surface area contributed by atoms with Gasteiger partial charge in [0, 0.05) is 43.6 Å². The third-order valence-corrected chi connectivity index (χ3v) is 3.64. The van der Waals surface area contributed by atoms with Gasteiger partial charge in [-0.3, -0.25) is 19.7 Å². The number of methoxy groups -OCH3 is 1. The SMILES string of the molecule is COCCCNC(=O)c1cccc(NC(=O)COc2ccc([N+](=O)[O-])cc2)c1. The molecule has 2 aromatic rings. The average molecular weight is 387 g/mol. The topological polar surface area (TPSA) is 120 Å². The van der Waals surface area contributed by atoms with Crippen molar-refractivity contribution in [2.75, 3.05) is 32.2 Å². The first-order valence-corrected chi connectivity index (χ1v) is 8.54. The number of amides is 2. The van der Waals surface area contributed by atoms with E-state index in [2.05, 4.69) is 10.6 Å². The number of nitro groups is 1. The van der Waals surface area contributed by atoms with E-state index in [0.29, 0.717) is 36.6 Å². The van der Waals surface area contributed by atoms with E-state index in [1.165, 1.54) is 24.3 Å². The molecule has 28 heavy (non-hydrogen) atoms. The van der Waals surface area contributed by atoms with Gasteiger partial charge in [-0.05, 0) is 36.8 Å². The second-order valence-corrected chi connectivity index (χ2v) is 5.77. The third-order valence-electron chi connectivity index (χ3n) is 3.64. The summed E-state index contributed by atoms with van der Waals surface area (Å²) in [4.78, 5) is 34.2. The molecule has 0 aliphatic rings. The Morgan fingerprint density at radius 3 is 2.57 bits per heavy atom. The average Bonchev–Trinajstić information content (AvgIpc) is 2.70. The van der Waals surface area contributed by atoms with Crippen molar-refractivity contribution in [2.45, 2.75) is 6.42 Å². The van der Waals surface area contributed by atoms with Crippen molar-refractivity contribution in [2.24, 2.45) is 0 Å². The van der Waals surface area contributed by atoms with Gasteiger partial charge in [-0.15, -0.1) is 0 Å². The fourth-order valence-electron chi connectivity index (χ4n) is 2.27. The molecule has 0 atom stereocenters. The molecule has 2 aromatic carbocycles. The Morgan fingerprint density at radius 2 is 1.89 bits per heavy atom. The van der Waals surface area contributed by atoms with Crippen LogP contribution < -0.4 is 15.4 Å². The summed E-state index contributed by atoms with van der Waals surface area (Å²) in [5.41, 5.74) is 0.822. The molecule has 0 saturated carbocycles. The van der Waals surface area contributed by atoms with Gasteiger partial charge in [0.05, 0.1) is 4.92 Å². The molecule has 0 aliphatic carbocycles. The van der Waals surface area contributed by atoms with Gasteiger partial charge < -0.3 is 20.1 Å². The smallest absolute Gasteiger partial charge is 0.269 e. The molecule has 148 valence electrons. The molecular weight excluding hydrogens is 366 g/mol. The lowest BCUT2D eigenvalue weighted by atomic mass is 10.2. The number of benzene rings is 2. The Bertz CT molecular complexity index is 823. The number of nitro benzene ring substituents is 1. The molecular formula is C19H21N3O6. The highest BCUT2D eigenvalue weighted by Gasteiger charge is 2.09. The van der Waals surface area contributed by atoms with E-state index in [-0.39, 0.29) is 18.2 Å². The zero-order valence-corrected chi connectivity index (χ0v) is 15.3. The van der Waals surface area contributed by atoms with Crippen LogP contribution in [0.5, 0.6) is 5.75 Å².